The van der Waals surface area contributed by atoms with Crippen molar-refractivity contribution in [3.05, 3.63) is 37.9 Å². The second kappa shape index (κ2) is 3.29. The quantitative estimate of drug-likeness (QED) is 0.588. The summed E-state index contributed by atoms with van der Waals surface area (Å²) in [5, 5.41) is 11.0. The molecule has 0 spiro atoms. The Hall–Kier alpha value is -1.01. The Bertz CT molecular complexity index is 525. The Labute approximate surface area is 90.4 Å². The number of halogens is 2. The molecule has 0 aliphatic heterocycles. The normalized spacial score (nSPS) is 10.7. The average molecular weight is 276 g/mol. The van der Waals surface area contributed by atoms with Gasteiger partial charge in [0.2, 0.25) is 0 Å². The maximum absolute atomic E-state index is 13.2. The Kier molecular flexibility index (Phi) is 2.24. The van der Waals surface area contributed by atoms with Crippen LogP contribution in [0.2, 0.25) is 0 Å². The molecule has 0 aliphatic carbocycles. The molecule has 14 heavy (non-hydrogen) atoms. The van der Waals surface area contributed by atoms with Crippen molar-refractivity contribution in [3.8, 4) is 0 Å². The standard InChI is InChI=1S/C8H3BrFNO2S/c9-8-6(11(12)13)4-2-1-3-5(10)7(4)14-8/h1-3H. The second-order valence-corrected chi connectivity index (χ2v) is 4.94. The number of nitro groups is 1. The van der Waals surface area contributed by atoms with Gasteiger partial charge in [-0.1, -0.05) is 6.07 Å². The van der Waals surface area contributed by atoms with E-state index in [1.165, 1.54) is 18.2 Å². The van der Waals surface area contributed by atoms with E-state index in [-0.39, 0.29) is 5.69 Å². The molecule has 6 heteroatoms. The van der Waals surface area contributed by atoms with Gasteiger partial charge in [-0.2, -0.15) is 0 Å². The molecule has 0 saturated heterocycles. The molecule has 0 radical (unpaired) electrons. The predicted octanol–water partition coefficient (Wildman–Crippen LogP) is 3.71. The summed E-state index contributed by atoms with van der Waals surface area (Å²) < 4.78 is 13.9. The van der Waals surface area contributed by atoms with E-state index in [9.17, 15) is 14.5 Å². The highest BCUT2D eigenvalue weighted by molar-refractivity contribution is 9.11. The van der Waals surface area contributed by atoms with Crippen LogP contribution in [0.15, 0.2) is 22.0 Å². The highest BCUT2D eigenvalue weighted by Gasteiger charge is 2.21. The maximum atomic E-state index is 13.2. The van der Waals surface area contributed by atoms with Crippen molar-refractivity contribution in [2.75, 3.05) is 0 Å². The first kappa shape index (κ1) is 9.54. The molecule has 0 unspecified atom stereocenters. The first-order chi connectivity index (χ1) is 6.61. The van der Waals surface area contributed by atoms with E-state index in [1.54, 1.807) is 0 Å². The minimum atomic E-state index is -0.512. The summed E-state index contributed by atoms with van der Waals surface area (Å²) in [6.45, 7) is 0. The molecule has 1 aromatic carbocycles. The number of hydrogen-bond donors (Lipinski definition) is 0. The largest absolute Gasteiger partial charge is 0.302 e. The van der Waals surface area contributed by atoms with Gasteiger partial charge in [0.15, 0.2) is 0 Å². The average Bonchev–Trinajstić information content (AvgIpc) is 2.42. The van der Waals surface area contributed by atoms with Crippen LogP contribution in [0, 0.1) is 15.9 Å². The highest BCUT2D eigenvalue weighted by Crippen LogP contribution is 2.41. The zero-order valence-electron chi connectivity index (χ0n) is 6.66. The van der Waals surface area contributed by atoms with Crippen molar-refractivity contribution >= 4 is 43.0 Å². The van der Waals surface area contributed by atoms with Gasteiger partial charge in [0.25, 0.3) is 0 Å². The van der Waals surface area contributed by atoms with E-state index >= 15 is 0 Å². The van der Waals surface area contributed by atoms with Gasteiger partial charge < -0.3 is 0 Å². The lowest BCUT2D eigenvalue weighted by molar-refractivity contribution is -0.383. The lowest BCUT2D eigenvalue weighted by Crippen LogP contribution is -1.86. The van der Waals surface area contributed by atoms with Gasteiger partial charge >= 0.3 is 5.69 Å². The fourth-order valence-electron chi connectivity index (χ4n) is 1.21. The van der Waals surface area contributed by atoms with Crippen molar-refractivity contribution in [2.45, 2.75) is 0 Å². The number of rotatable bonds is 1. The van der Waals surface area contributed by atoms with Gasteiger partial charge in [-0.05, 0) is 28.1 Å². The molecule has 0 atom stereocenters. The number of benzene rings is 1. The third-order valence-electron chi connectivity index (χ3n) is 1.78. The Balaban J connectivity index is 2.90. The number of thiophene rings is 1. The topological polar surface area (TPSA) is 43.1 Å². The van der Waals surface area contributed by atoms with Crippen molar-refractivity contribution in [2.24, 2.45) is 0 Å². The van der Waals surface area contributed by atoms with E-state index in [1.807, 2.05) is 0 Å². The van der Waals surface area contributed by atoms with Gasteiger partial charge in [0.1, 0.15) is 9.60 Å². The molecule has 1 aromatic heterocycles. The number of fused-ring (bicyclic) bond motifs is 1. The zero-order valence-corrected chi connectivity index (χ0v) is 9.06. The van der Waals surface area contributed by atoms with Gasteiger partial charge in [-0.25, -0.2) is 4.39 Å². The Morgan fingerprint density at radius 2 is 2.21 bits per heavy atom. The summed E-state index contributed by atoms with van der Waals surface area (Å²) in [6, 6.07) is 4.29. The van der Waals surface area contributed by atoms with Gasteiger partial charge in [-0.15, -0.1) is 11.3 Å². The van der Waals surface area contributed by atoms with Crippen LogP contribution in [0.1, 0.15) is 0 Å². The summed E-state index contributed by atoms with van der Waals surface area (Å²) in [5.74, 6) is -0.429. The molecular weight excluding hydrogens is 273 g/mol. The van der Waals surface area contributed by atoms with E-state index < -0.39 is 10.7 Å². The molecule has 0 bridgehead atoms. The zero-order chi connectivity index (χ0) is 10.3. The first-order valence-corrected chi connectivity index (χ1v) is 5.23. The fraction of sp³-hybridized carbons (Fsp3) is 0. The third kappa shape index (κ3) is 1.31. The molecule has 0 N–H and O–H groups in total. The summed E-state index contributed by atoms with van der Waals surface area (Å²) in [7, 11) is 0. The molecule has 72 valence electrons. The molecule has 3 nitrogen and oxygen atoms in total. The van der Waals surface area contributed by atoms with Crippen LogP contribution in [-0.2, 0) is 0 Å². The maximum Gasteiger partial charge on any atom is 0.302 e. The van der Waals surface area contributed by atoms with Crippen LogP contribution >= 0.6 is 27.3 Å². The van der Waals surface area contributed by atoms with Crippen molar-refractivity contribution in [1.82, 2.24) is 0 Å². The molecule has 0 fully saturated rings. The van der Waals surface area contributed by atoms with Gasteiger partial charge in [0.05, 0.1) is 15.0 Å². The molecule has 0 amide bonds. The molecule has 2 aromatic rings. The second-order valence-electron chi connectivity index (χ2n) is 2.60. The number of nitrogens with zero attached hydrogens (tertiary/aromatic N) is 1. The highest BCUT2D eigenvalue weighted by atomic mass is 79.9. The minimum absolute atomic E-state index is 0.0653. The van der Waals surface area contributed by atoms with Crippen LogP contribution < -0.4 is 0 Å². The molecule has 0 aliphatic rings. The summed E-state index contributed by atoms with van der Waals surface area (Å²) >= 11 is 4.09. The van der Waals surface area contributed by atoms with E-state index in [2.05, 4.69) is 15.9 Å². The van der Waals surface area contributed by atoms with Gasteiger partial charge in [0, 0.05) is 0 Å². The van der Waals surface area contributed by atoms with E-state index in [0.29, 0.717) is 13.9 Å². The van der Waals surface area contributed by atoms with Crippen LogP contribution in [-0.4, -0.2) is 4.92 Å². The van der Waals surface area contributed by atoms with Crippen LogP contribution in [0.3, 0.4) is 0 Å². The lowest BCUT2D eigenvalue weighted by atomic mass is 10.2. The van der Waals surface area contributed by atoms with Crippen molar-refractivity contribution in [3.63, 3.8) is 0 Å². The smallest absolute Gasteiger partial charge is 0.258 e. The molecule has 1 heterocycles. The Morgan fingerprint density at radius 3 is 2.86 bits per heavy atom. The van der Waals surface area contributed by atoms with Crippen LogP contribution in [0.5, 0.6) is 0 Å². The van der Waals surface area contributed by atoms with Crippen LogP contribution in [0.4, 0.5) is 10.1 Å². The fourth-order valence-corrected chi connectivity index (χ4v) is 2.96. The SMILES string of the molecule is O=[N+]([O-])c1c(Br)sc2c(F)cccc12. The molecular formula is C8H3BrFNO2S. The van der Waals surface area contributed by atoms with Crippen LogP contribution in [0.25, 0.3) is 10.1 Å². The lowest BCUT2D eigenvalue weighted by Gasteiger charge is -1.90. The summed E-state index contributed by atoms with van der Waals surface area (Å²) in [5.41, 5.74) is -0.0653. The van der Waals surface area contributed by atoms with Crippen molar-refractivity contribution in [1.29, 1.82) is 0 Å². The van der Waals surface area contributed by atoms with E-state index in [0.717, 1.165) is 11.3 Å². The van der Waals surface area contributed by atoms with Gasteiger partial charge in [-0.3, -0.25) is 10.1 Å². The summed E-state index contributed by atoms with van der Waals surface area (Å²) in [6.07, 6.45) is 0. The van der Waals surface area contributed by atoms with Crippen molar-refractivity contribution < 1.29 is 9.31 Å². The summed E-state index contributed by atoms with van der Waals surface area (Å²) in [4.78, 5) is 10.2. The number of hydrogen-bond acceptors (Lipinski definition) is 3. The molecule has 2 rings (SSSR count). The monoisotopic (exact) mass is 275 g/mol. The molecule has 0 saturated carbocycles. The Morgan fingerprint density at radius 1 is 1.50 bits per heavy atom. The third-order valence-corrected chi connectivity index (χ3v) is 3.64. The first-order valence-electron chi connectivity index (χ1n) is 3.62. The minimum Gasteiger partial charge on any atom is -0.258 e. The predicted molar refractivity (Wildman–Crippen MR) is 56.1 cm³/mol. The van der Waals surface area contributed by atoms with E-state index in [4.69, 9.17) is 0 Å².